The van der Waals surface area contributed by atoms with Crippen LogP contribution in [0.1, 0.15) is 31.0 Å². The van der Waals surface area contributed by atoms with Crippen molar-refractivity contribution in [3.05, 3.63) is 40.9 Å². The Balaban J connectivity index is 1.47. The number of carbonyl (C=O) groups is 2. The fourth-order valence-electron chi connectivity index (χ4n) is 4.09. The van der Waals surface area contributed by atoms with Crippen molar-refractivity contribution in [2.24, 2.45) is 0 Å². The molecular weight excluding hydrogens is 416 g/mol. The van der Waals surface area contributed by atoms with Crippen LogP contribution in [0.3, 0.4) is 0 Å². The highest BCUT2D eigenvalue weighted by Gasteiger charge is 2.34. The van der Waals surface area contributed by atoms with E-state index in [1.165, 1.54) is 11.3 Å². The second-order valence-corrected chi connectivity index (χ2v) is 9.94. The van der Waals surface area contributed by atoms with Crippen LogP contribution in [0.2, 0.25) is 0 Å². The lowest BCUT2D eigenvalue weighted by Gasteiger charge is -2.32. The molecule has 4 rings (SSSR count). The summed E-state index contributed by atoms with van der Waals surface area (Å²) in [5, 5.41) is 2.69. The largest absolute Gasteiger partial charge is 0.340 e. The Hall–Kier alpha value is -1.90. The molecule has 0 saturated carbocycles. The molecule has 0 bridgehead atoms. The van der Waals surface area contributed by atoms with Crippen molar-refractivity contribution in [2.75, 3.05) is 36.0 Å². The average Bonchev–Trinajstić information content (AvgIpc) is 3.40. The van der Waals surface area contributed by atoms with Gasteiger partial charge < -0.3 is 4.90 Å². The van der Waals surface area contributed by atoms with Gasteiger partial charge in [-0.05, 0) is 38.4 Å². The number of rotatable bonds is 5. The van der Waals surface area contributed by atoms with E-state index in [-0.39, 0.29) is 17.9 Å². The molecule has 3 heterocycles. The number of benzene rings is 1. The van der Waals surface area contributed by atoms with Crippen LogP contribution >= 0.6 is 23.1 Å². The Morgan fingerprint density at radius 2 is 1.90 bits per heavy atom. The fourth-order valence-corrected chi connectivity index (χ4v) is 5.87. The summed E-state index contributed by atoms with van der Waals surface area (Å²) in [6.45, 7) is 6.87. The van der Waals surface area contributed by atoms with Gasteiger partial charge in [-0.15, -0.1) is 11.3 Å². The molecule has 160 valence electrons. The molecule has 2 amide bonds. The quantitative estimate of drug-likeness (QED) is 0.704. The predicted molar refractivity (Wildman–Crippen MR) is 123 cm³/mol. The van der Waals surface area contributed by atoms with E-state index in [1.807, 2.05) is 53.2 Å². The van der Waals surface area contributed by atoms with Gasteiger partial charge >= 0.3 is 0 Å². The first-order chi connectivity index (χ1) is 14.5. The van der Waals surface area contributed by atoms with E-state index in [1.54, 1.807) is 11.8 Å². The lowest BCUT2D eigenvalue weighted by Crippen LogP contribution is -2.48. The highest BCUT2D eigenvalue weighted by molar-refractivity contribution is 7.99. The maximum absolute atomic E-state index is 13.0. The van der Waals surface area contributed by atoms with E-state index in [9.17, 15) is 9.59 Å². The molecule has 2 aliphatic heterocycles. The number of aromatic nitrogens is 1. The molecule has 1 atom stereocenters. The Morgan fingerprint density at radius 1 is 1.17 bits per heavy atom. The predicted octanol–water partition coefficient (Wildman–Crippen LogP) is 3.68. The maximum Gasteiger partial charge on any atom is 0.239 e. The van der Waals surface area contributed by atoms with Crippen LogP contribution in [0.5, 0.6) is 0 Å². The summed E-state index contributed by atoms with van der Waals surface area (Å²) >= 11 is 3.40. The normalized spacial score (nSPS) is 19.8. The van der Waals surface area contributed by atoms with Crippen molar-refractivity contribution in [3.8, 4) is 0 Å². The average molecular weight is 445 g/mol. The Kier molecular flexibility index (Phi) is 6.75. The number of carbonyl (C=O) groups excluding carboxylic acids is 2. The zero-order valence-corrected chi connectivity index (χ0v) is 19.2. The van der Waals surface area contributed by atoms with Crippen LogP contribution in [-0.2, 0) is 16.1 Å². The van der Waals surface area contributed by atoms with E-state index in [2.05, 4.69) is 4.90 Å². The highest BCUT2D eigenvalue weighted by atomic mass is 32.2. The van der Waals surface area contributed by atoms with Crippen LogP contribution in [0, 0.1) is 6.92 Å². The molecule has 0 N–H and O–H groups in total. The number of thioether (sulfide) groups is 1. The summed E-state index contributed by atoms with van der Waals surface area (Å²) in [7, 11) is 0. The van der Waals surface area contributed by atoms with Crippen molar-refractivity contribution in [3.63, 3.8) is 0 Å². The molecule has 0 radical (unpaired) electrons. The van der Waals surface area contributed by atoms with Gasteiger partial charge in [0.2, 0.25) is 11.8 Å². The minimum atomic E-state index is -0.0584. The molecule has 0 aliphatic carbocycles. The van der Waals surface area contributed by atoms with E-state index >= 15 is 0 Å². The summed E-state index contributed by atoms with van der Waals surface area (Å²) in [6, 6.07) is 7.85. The molecule has 0 spiro atoms. The van der Waals surface area contributed by atoms with Gasteiger partial charge in [0.1, 0.15) is 0 Å². The van der Waals surface area contributed by atoms with E-state index < -0.39 is 0 Å². The Bertz CT molecular complexity index is 893. The summed E-state index contributed by atoms with van der Waals surface area (Å²) < 4.78 is 0. The molecule has 1 unspecified atom stereocenters. The first-order valence-electron chi connectivity index (χ1n) is 10.5. The summed E-state index contributed by atoms with van der Waals surface area (Å²) in [5.74, 6) is 2.28. The van der Waals surface area contributed by atoms with Crippen molar-refractivity contribution < 1.29 is 9.59 Å². The Morgan fingerprint density at radius 3 is 2.60 bits per heavy atom. The lowest BCUT2D eigenvalue weighted by molar-refractivity contribution is -0.135. The first-order valence-corrected chi connectivity index (χ1v) is 12.5. The number of hydrogen-bond acceptors (Lipinski definition) is 6. The van der Waals surface area contributed by atoms with Crippen molar-refractivity contribution in [2.45, 2.75) is 39.3 Å². The van der Waals surface area contributed by atoms with Gasteiger partial charge in [0, 0.05) is 43.4 Å². The smallest absolute Gasteiger partial charge is 0.239 e. The fraction of sp³-hybridized carbons (Fsp3) is 0.500. The van der Waals surface area contributed by atoms with Gasteiger partial charge in [0.15, 0.2) is 5.13 Å². The second kappa shape index (κ2) is 9.49. The van der Waals surface area contributed by atoms with Crippen LogP contribution in [0.15, 0.2) is 29.6 Å². The van der Waals surface area contributed by atoms with Crippen LogP contribution in [-0.4, -0.2) is 63.8 Å². The topological polar surface area (TPSA) is 56.8 Å². The Labute approximate surface area is 186 Å². The minimum Gasteiger partial charge on any atom is -0.340 e. The second-order valence-electron chi connectivity index (χ2n) is 7.88. The van der Waals surface area contributed by atoms with Gasteiger partial charge in [-0.2, -0.15) is 11.8 Å². The summed E-state index contributed by atoms with van der Waals surface area (Å²) in [5.41, 5.74) is 2.90. The molecule has 6 nitrogen and oxygen atoms in total. The molecule has 2 fully saturated rings. The first kappa shape index (κ1) is 21.3. The minimum absolute atomic E-state index is 0.0424. The third-order valence-corrected chi connectivity index (χ3v) is 7.49. The number of amides is 2. The maximum atomic E-state index is 13.0. The molecule has 2 aliphatic rings. The van der Waals surface area contributed by atoms with Crippen LogP contribution < -0.4 is 4.90 Å². The zero-order valence-electron chi connectivity index (χ0n) is 17.5. The van der Waals surface area contributed by atoms with E-state index in [0.29, 0.717) is 11.7 Å². The number of likely N-dealkylation sites (tertiary alicyclic amines) is 1. The molecule has 8 heteroatoms. The molecule has 2 aromatic rings. The van der Waals surface area contributed by atoms with Crippen molar-refractivity contribution in [1.29, 1.82) is 0 Å². The highest BCUT2D eigenvalue weighted by Crippen LogP contribution is 2.30. The number of nitrogens with zero attached hydrogens (tertiary/aromatic N) is 4. The molecular formula is C22H28N4O2S2. The number of hydrogen-bond donors (Lipinski definition) is 0. The lowest BCUT2D eigenvalue weighted by atomic mass is 10.2. The third-order valence-electron chi connectivity index (χ3n) is 5.67. The van der Waals surface area contributed by atoms with Gasteiger partial charge in [0.25, 0.3) is 0 Å². The van der Waals surface area contributed by atoms with Crippen LogP contribution in [0.4, 0.5) is 10.8 Å². The molecule has 2 saturated heterocycles. The van der Waals surface area contributed by atoms with E-state index in [0.717, 1.165) is 60.9 Å². The zero-order chi connectivity index (χ0) is 21.1. The van der Waals surface area contributed by atoms with Gasteiger partial charge in [-0.3, -0.25) is 19.4 Å². The third kappa shape index (κ3) is 4.71. The van der Waals surface area contributed by atoms with Crippen molar-refractivity contribution in [1.82, 2.24) is 14.8 Å². The van der Waals surface area contributed by atoms with Crippen LogP contribution in [0.25, 0.3) is 0 Å². The molecule has 30 heavy (non-hydrogen) atoms. The van der Waals surface area contributed by atoms with E-state index in [4.69, 9.17) is 4.98 Å². The number of thiazole rings is 1. The van der Waals surface area contributed by atoms with Gasteiger partial charge in [0.05, 0.1) is 17.4 Å². The molecule has 1 aromatic carbocycles. The monoisotopic (exact) mass is 444 g/mol. The molecule has 1 aromatic heterocycles. The SMILES string of the molecule is CC(=O)N(c1ccc(C)cc1)c1nc(CN2CCCC2C(=O)N2CCSCC2)cs1. The number of aryl methyl sites for hydroxylation is 1. The summed E-state index contributed by atoms with van der Waals surface area (Å²) in [4.78, 5) is 36.0. The summed E-state index contributed by atoms with van der Waals surface area (Å²) in [6.07, 6.45) is 1.96. The number of anilines is 2. The standard InChI is InChI=1S/C22H28N4O2S2/c1-16-5-7-19(8-6-16)26(17(2)27)22-23-18(15-30-22)14-25-9-3-4-20(25)21(28)24-10-12-29-13-11-24/h5-8,15,20H,3-4,9-14H2,1-2H3. The van der Waals surface area contributed by atoms with Gasteiger partial charge in [-0.1, -0.05) is 17.7 Å². The van der Waals surface area contributed by atoms with Crippen molar-refractivity contribution >= 4 is 45.7 Å². The van der Waals surface area contributed by atoms with Gasteiger partial charge in [-0.25, -0.2) is 4.98 Å².